The van der Waals surface area contributed by atoms with Crippen molar-refractivity contribution in [2.45, 2.75) is 6.92 Å². The molecule has 0 heterocycles. The first kappa shape index (κ1) is 16.3. The van der Waals surface area contributed by atoms with Crippen LogP contribution in [0.2, 0.25) is 0 Å². The molecule has 0 saturated heterocycles. The average molecular weight is 332 g/mol. The highest BCUT2D eigenvalue weighted by Gasteiger charge is 2.16. The smallest absolute Gasteiger partial charge is 0.411 e. The van der Waals surface area contributed by atoms with Crippen molar-refractivity contribution in [3.63, 3.8) is 0 Å². The molecule has 0 spiro atoms. The van der Waals surface area contributed by atoms with Gasteiger partial charge in [-0.15, -0.1) is 0 Å². The van der Waals surface area contributed by atoms with Gasteiger partial charge in [-0.2, -0.15) is 5.26 Å². The Morgan fingerprint density at radius 2 is 1.72 bits per heavy atom. The minimum atomic E-state index is -0.586. The highest BCUT2D eigenvalue weighted by Crippen LogP contribution is 2.37. The largest absolute Gasteiger partial charge is 0.456 e. The van der Waals surface area contributed by atoms with Gasteiger partial charge in [0, 0.05) is 16.8 Å². The third-order valence-corrected chi connectivity index (χ3v) is 3.86. The van der Waals surface area contributed by atoms with E-state index in [0.717, 1.165) is 10.9 Å². The van der Waals surface area contributed by atoms with Crippen molar-refractivity contribution in [1.29, 1.82) is 5.26 Å². The number of anilines is 1. The maximum atomic E-state index is 11.7. The Balaban J connectivity index is 2.19. The van der Waals surface area contributed by atoms with E-state index in [-0.39, 0.29) is 0 Å². The number of benzene rings is 3. The first-order chi connectivity index (χ1) is 12.1. The number of aryl methyl sites for hydroxylation is 1. The molecule has 0 radical (unpaired) electrons. The van der Waals surface area contributed by atoms with E-state index in [9.17, 15) is 10.1 Å². The summed E-state index contributed by atoms with van der Waals surface area (Å²) in [6.07, 6.45) is -0.586. The number of carbonyl (C=O) groups is 1. The van der Waals surface area contributed by atoms with E-state index in [1.165, 1.54) is 7.11 Å². The molecule has 0 saturated carbocycles. The molecule has 0 aliphatic rings. The molecule has 0 aromatic heterocycles. The zero-order valence-electron chi connectivity index (χ0n) is 13.9. The molecule has 5 heteroatoms. The molecule has 0 aliphatic heterocycles. The zero-order valence-corrected chi connectivity index (χ0v) is 13.9. The molecule has 0 aliphatic carbocycles. The number of hydrogen-bond acceptors (Lipinski definition) is 4. The molecule has 25 heavy (non-hydrogen) atoms. The number of nitrogens with zero attached hydrogens (tertiary/aromatic N) is 1. The van der Waals surface area contributed by atoms with Gasteiger partial charge in [0.1, 0.15) is 23.1 Å². The maximum absolute atomic E-state index is 11.7. The summed E-state index contributed by atoms with van der Waals surface area (Å²) in [5.41, 5.74) is 1.88. The van der Waals surface area contributed by atoms with Crippen LogP contribution in [0.3, 0.4) is 0 Å². The Hall–Kier alpha value is -3.52. The van der Waals surface area contributed by atoms with Crippen LogP contribution in [0.1, 0.15) is 11.1 Å². The third kappa shape index (κ3) is 3.24. The van der Waals surface area contributed by atoms with E-state index in [2.05, 4.69) is 16.1 Å². The lowest BCUT2D eigenvalue weighted by Gasteiger charge is -2.15. The van der Waals surface area contributed by atoms with Crippen LogP contribution in [0.5, 0.6) is 11.5 Å². The lowest BCUT2D eigenvalue weighted by molar-refractivity contribution is 0.187. The van der Waals surface area contributed by atoms with Gasteiger partial charge in [-0.05, 0) is 18.6 Å². The van der Waals surface area contributed by atoms with Crippen LogP contribution in [-0.4, -0.2) is 13.2 Å². The van der Waals surface area contributed by atoms with Crippen molar-refractivity contribution >= 4 is 22.6 Å². The van der Waals surface area contributed by atoms with E-state index < -0.39 is 6.09 Å². The van der Waals surface area contributed by atoms with Gasteiger partial charge in [0.15, 0.2) is 0 Å². The van der Waals surface area contributed by atoms with Crippen LogP contribution < -0.4 is 10.1 Å². The van der Waals surface area contributed by atoms with Gasteiger partial charge in [-0.3, -0.25) is 5.32 Å². The van der Waals surface area contributed by atoms with Gasteiger partial charge in [-0.25, -0.2) is 4.79 Å². The summed E-state index contributed by atoms with van der Waals surface area (Å²) >= 11 is 0. The fourth-order valence-electron chi connectivity index (χ4n) is 2.60. The second-order valence-electron chi connectivity index (χ2n) is 5.44. The summed E-state index contributed by atoms with van der Waals surface area (Å²) < 4.78 is 10.7. The van der Waals surface area contributed by atoms with Gasteiger partial charge >= 0.3 is 6.09 Å². The summed E-state index contributed by atoms with van der Waals surface area (Å²) in [7, 11) is 1.30. The number of nitriles is 1. The van der Waals surface area contributed by atoms with E-state index in [0.29, 0.717) is 28.1 Å². The molecule has 0 bridgehead atoms. The number of para-hydroxylation sites is 1. The summed E-state index contributed by atoms with van der Waals surface area (Å²) in [5, 5.41) is 13.8. The first-order valence-electron chi connectivity index (χ1n) is 7.68. The molecule has 5 nitrogen and oxygen atoms in total. The topological polar surface area (TPSA) is 71.3 Å². The zero-order chi connectivity index (χ0) is 17.8. The Labute approximate surface area is 145 Å². The molecule has 0 fully saturated rings. The monoisotopic (exact) mass is 332 g/mol. The van der Waals surface area contributed by atoms with Gasteiger partial charge < -0.3 is 9.47 Å². The number of amides is 1. The summed E-state index contributed by atoms with van der Waals surface area (Å²) in [6, 6.07) is 18.7. The average Bonchev–Trinajstić information content (AvgIpc) is 2.63. The van der Waals surface area contributed by atoms with Crippen LogP contribution in [0, 0.1) is 18.3 Å². The molecule has 124 valence electrons. The molecule has 3 rings (SSSR count). The predicted molar refractivity (Wildman–Crippen MR) is 95.9 cm³/mol. The number of ether oxygens (including phenoxy) is 2. The molecule has 1 N–H and O–H groups in total. The second kappa shape index (κ2) is 6.93. The van der Waals surface area contributed by atoms with E-state index in [4.69, 9.17) is 4.74 Å². The third-order valence-electron chi connectivity index (χ3n) is 3.86. The van der Waals surface area contributed by atoms with Gasteiger partial charge in [0.05, 0.1) is 12.8 Å². The highest BCUT2D eigenvalue weighted by atomic mass is 16.5. The summed E-state index contributed by atoms with van der Waals surface area (Å²) in [4.78, 5) is 11.7. The molecule has 0 unspecified atom stereocenters. The fraction of sp³-hybridized carbons (Fsp3) is 0.100. The lowest BCUT2D eigenvalue weighted by Crippen LogP contribution is -2.11. The lowest BCUT2D eigenvalue weighted by atomic mass is 10.0. The molecule has 0 atom stereocenters. The van der Waals surface area contributed by atoms with Crippen LogP contribution in [0.25, 0.3) is 10.8 Å². The van der Waals surface area contributed by atoms with Crippen molar-refractivity contribution in [2.24, 2.45) is 0 Å². The van der Waals surface area contributed by atoms with Gasteiger partial charge in [0.25, 0.3) is 0 Å². The number of carbonyl (C=O) groups excluding carboxylic acids is 1. The van der Waals surface area contributed by atoms with E-state index >= 15 is 0 Å². The minimum Gasteiger partial charge on any atom is -0.456 e. The van der Waals surface area contributed by atoms with Crippen LogP contribution in [0.15, 0.2) is 54.6 Å². The van der Waals surface area contributed by atoms with Crippen LogP contribution in [0.4, 0.5) is 10.5 Å². The summed E-state index contributed by atoms with van der Waals surface area (Å²) in [5.74, 6) is 1.03. The van der Waals surface area contributed by atoms with Crippen LogP contribution >= 0.6 is 0 Å². The Kier molecular flexibility index (Phi) is 4.53. The van der Waals surface area contributed by atoms with E-state index in [1.807, 2.05) is 55.5 Å². The standard InChI is InChI=1S/C20H16N2O3/c1-13-7-3-6-10-18(13)25-19-11-17(22-20(23)24-2)15-9-5-4-8-14(15)16(19)12-21/h3-11H,1-2H3,(H,22,23). The number of hydrogen-bond donors (Lipinski definition) is 1. The number of nitrogens with one attached hydrogen (secondary N) is 1. The first-order valence-corrected chi connectivity index (χ1v) is 7.68. The molecular formula is C20H16N2O3. The minimum absolute atomic E-state index is 0.377. The molecule has 3 aromatic carbocycles. The maximum Gasteiger partial charge on any atom is 0.411 e. The number of fused-ring (bicyclic) bond motifs is 1. The Morgan fingerprint density at radius 3 is 2.40 bits per heavy atom. The fourth-order valence-corrected chi connectivity index (χ4v) is 2.60. The SMILES string of the molecule is COC(=O)Nc1cc(Oc2ccccc2C)c(C#N)c2ccccc12. The highest BCUT2D eigenvalue weighted by molar-refractivity contribution is 6.03. The second-order valence-corrected chi connectivity index (χ2v) is 5.44. The van der Waals surface area contributed by atoms with Crippen molar-refractivity contribution in [3.05, 3.63) is 65.7 Å². The summed E-state index contributed by atoms with van der Waals surface area (Å²) in [6.45, 7) is 1.93. The Bertz CT molecular complexity index is 990. The predicted octanol–water partition coefficient (Wildman–Crippen LogP) is 4.99. The quantitative estimate of drug-likeness (QED) is 0.733. The molecular weight excluding hydrogens is 316 g/mol. The van der Waals surface area contributed by atoms with Crippen molar-refractivity contribution < 1.29 is 14.3 Å². The van der Waals surface area contributed by atoms with E-state index in [1.54, 1.807) is 6.07 Å². The van der Waals surface area contributed by atoms with Crippen LogP contribution in [-0.2, 0) is 4.74 Å². The Morgan fingerprint density at radius 1 is 1.04 bits per heavy atom. The number of rotatable bonds is 3. The molecule has 1 amide bonds. The van der Waals surface area contributed by atoms with Crippen molar-refractivity contribution in [1.82, 2.24) is 0 Å². The normalized spacial score (nSPS) is 10.1. The van der Waals surface area contributed by atoms with Gasteiger partial charge in [0.2, 0.25) is 0 Å². The number of methoxy groups -OCH3 is 1. The molecule has 3 aromatic rings. The van der Waals surface area contributed by atoms with Crippen molar-refractivity contribution in [2.75, 3.05) is 12.4 Å². The van der Waals surface area contributed by atoms with Gasteiger partial charge in [-0.1, -0.05) is 42.5 Å². The van der Waals surface area contributed by atoms with Crippen molar-refractivity contribution in [3.8, 4) is 17.6 Å².